The van der Waals surface area contributed by atoms with Crippen LogP contribution in [0.2, 0.25) is 0 Å². The van der Waals surface area contributed by atoms with Gasteiger partial charge in [0.05, 0.1) is 5.56 Å². The Morgan fingerprint density at radius 2 is 2.16 bits per heavy atom. The monoisotopic (exact) mass is 260 g/mol. The standard InChI is InChI=1S/C16H21FN2/c1-2-12-4-3-5-14(7-6-12)19-15-8-9-16(17)13(10-15)11-18/h8-10,12,14,19H,2-7H2,1H3. The Morgan fingerprint density at radius 3 is 2.89 bits per heavy atom. The van der Waals surface area contributed by atoms with Crippen molar-refractivity contribution in [2.24, 2.45) is 5.92 Å². The van der Waals surface area contributed by atoms with Gasteiger partial charge >= 0.3 is 0 Å². The van der Waals surface area contributed by atoms with Crippen molar-refractivity contribution in [1.82, 2.24) is 0 Å². The van der Waals surface area contributed by atoms with Gasteiger partial charge in [0.15, 0.2) is 0 Å². The molecule has 3 heteroatoms. The SMILES string of the molecule is CCC1CCCC(Nc2ccc(F)c(C#N)c2)CC1. The molecule has 0 radical (unpaired) electrons. The molecule has 0 amide bonds. The molecule has 1 aromatic rings. The molecule has 2 nitrogen and oxygen atoms in total. The van der Waals surface area contributed by atoms with Crippen LogP contribution < -0.4 is 5.32 Å². The lowest BCUT2D eigenvalue weighted by molar-refractivity contribution is 0.444. The number of nitrogens with one attached hydrogen (secondary N) is 1. The Balaban J connectivity index is 1.99. The first-order valence-corrected chi connectivity index (χ1v) is 7.19. The first-order chi connectivity index (χ1) is 9.22. The summed E-state index contributed by atoms with van der Waals surface area (Å²) in [7, 11) is 0. The number of hydrogen-bond acceptors (Lipinski definition) is 2. The van der Waals surface area contributed by atoms with Crippen molar-refractivity contribution in [3.8, 4) is 6.07 Å². The number of hydrogen-bond donors (Lipinski definition) is 1. The number of anilines is 1. The largest absolute Gasteiger partial charge is 0.382 e. The maximum atomic E-state index is 13.3. The van der Waals surface area contributed by atoms with Gasteiger partial charge in [-0.1, -0.05) is 26.2 Å². The van der Waals surface area contributed by atoms with Crippen LogP contribution >= 0.6 is 0 Å². The zero-order valence-corrected chi connectivity index (χ0v) is 11.5. The van der Waals surface area contributed by atoms with E-state index in [-0.39, 0.29) is 5.56 Å². The molecule has 0 aliphatic heterocycles. The summed E-state index contributed by atoms with van der Waals surface area (Å²) in [5.41, 5.74) is 0.975. The molecule has 1 saturated carbocycles. The van der Waals surface area contributed by atoms with Gasteiger partial charge in [-0.05, 0) is 43.4 Å². The number of halogens is 1. The molecule has 0 heterocycles. The summed E-state index contributed by atoms with van der Waals surface area (Å²) in [6.45, 7) is 2.26. The topological polar surface area (TPSA) is 35.8 Å². The fourth-order valence-corrected chi connectivity index (χ4v) is 2.87. The van der Waals surface area contributed by atoms with Crippen LogP contribution in [-0.2, 0) is 0 Å². The molecule has 1 aromatic carbocycles. The average molecular weight is 260 g/mol. The summed E-state index contributed by atoms with van der Waals surface area (Å²) in [5.74, 6) is 0.412. The molecule has 2 unspecified atom stereocenters. The summed E-state index contributed by atoms with van der Waals surface area (Å²) in [4.78, 5) is 0. The number of nitrogens with zero attached hydrogens (tertiary/aromatic N) is 1. The third kappa shape index (κ3) is 3.70. The lowest BCUT2D eigenvalue weighted by Crippen LogP contribution is -2.18. The van der Waals surface area contributed by atoms with Crippen LogP contribution in [0.5, 0.6) is 0 Å². The number of nitriles is 1. The van der Waals surface area contributed by atoms with Gasteiger partial charge in [-0.25, -0.2) is 4.39 Å². The fourth-order valence-electron chi connectivity index (χ4n) is 2.87. The summed E-state index contributed by atoms with van der Waals surface area (Å²) >= 11 is 0. The Hall–Kier alpha value is -1.56. The van der Waals surface area contributed by atoms with Gasteiger partial charge in [0, 0.05) is 11.7 Å². The van der Waals surface area contributed by atoms with Gasteiger partial charge in [0.2, 0.25) is 0 Å². The van der Waals surface area contributed by atoms with Crippen LogP contribution in [-0.4, -0.2) is 6.04 Å². The van der Waals surface area contributed by atoms with Crippen molar-refractivity contribution in [2.75, 3.05) is 5.32 Å². The van der Waals surface area contributed by atoms with Gasteiger partial charge < -0.3 is 5.32 Å². The molecule has 1 fully saturated rings. The van der Waals surface area contributed by atoms with Crippen molar-refractivity contribution in [3.05, 3.63) is 29.6 Å². The molecule has 2 rings (SSSR count). The third-order valence-corrected chi connectivity index (χ3v) is 4.12. The molecule has 0 bridgehead atoms. The van der Waals surface area contributed by atoms with Crippen LogP contribution in [0, 0.1) is 23.1 Å². The highest BCUT2D eigenvalue weighted by Gasteiger charge is 2.17. The predicted molar refractivity (Wildman–Crippen MR) is 75.4 cm³/mol. The maximum Gasteiger partial charge on any atom is 0.141 e. The Morgan fingerprint density at radius 1 is 1.32 bits per heavy atom. The Labute approximate surface area is 114 Å². The molecule has 102 valence electrons. The highest BCUT2D eigenvalue weighted by Crippen LogP contribution is 2.27. The van der Waals surface area contributed by atoms with E-state index in [9.17, 15) is 4.39 Å². The third-order valence-electron chi connectivity index (χ3n) is 4.12. The molecule has 0 saturated heterocycles. The van der Waals surface area contributed by atoms with Crippen LogP contribution in [0.1, 0.15) is 51.0 Å². The minimum atomic E-state index is -0.444. The van der Waals surface area contributed by atoms with Crippen LogP contribution in [0.15, 0.2) is 18.2 Å². The second kappa shape index (κ2) is 6.56. The van der Waals surface area contributed by atoms with Crippen molar-refractivity contribution in [1.29, 1.82) is 5.26 Å². The van der Waals surface area contributed by atoms with Crippen LogP contribution in [0.4, 0.5) is 10.1 Å². The summed E-state index contributed by atoms with van der Waals surface area (Å²) < 4.78 is 13.3. The van der Waals surface area contributed by atoms with E-state index in [4.69, 9.17) is 5.26 Å². The van der Waals surface area contributed by atoms with E-state index in [1.54, 1.807) is 12.1 Å². The molecular weight excluding hydrogens is 239 g/mol. The Kier molecular flexibility index (Phi) is 4.79. The molecule has 1 N–H and O–H groups in total. The fraction of sp³-hybridized carbons (Fsp3) is 0.562. The molecular formula is C16H21FN2. The minimum absolute atomic E-state index is 0.116. The maximum absolute atomic E-state index is 13.3. The average Bonchev–Trinajstić information content (AvgIpc) is 2.66. The highest BCUT2D eigenvalue weighted by atomic mass is 19.1. The molecule has 0 aromatic heterocycles. The normalized spacial score (nSPS) is 23.4. The number of benzene rings is 1. The second-order valence-corrected chi connectivity index (χ2v) is 5.43. The smallest absolute Gasteiger partial charge is 0.141 e. The zero-order valence-electron chi connectivity index (χ0n) is 11.5. The first kappa shape index (κ1) is 13.9. The van der Waals surface area contributed by atoms with Crippen molar-refractivity contribution in [3.63, 3.8) is 0 Å². The van der Waals surface area contributed by atoms with Crippen LogP contribution in [0.25, 0.3) is 0 Å². The van der Waals surface area contributed by atoms with E-state index in [1.165, 1.54) is 31.7 Å². The second-order valence-electron chi connectivity index (χ2n) is 5.43. The van der Waals surface area contributed by atoms with E-state index in [0.717, 1.165) is 24.4 Å². The molecule has 19 heavy (non-hydrogen) atoms. The van der Waals surface area contributed by atoms with Crippen molar-refractivity contribution in [2.45, 2.75) is 51.5 Å². The molecule has 1 aliphatic rings. The van der Waals surface area contributed by atoms with E-state index in [0.29, 0.717) is 6.04 Å². The zero-order chi connectivity index (χ0) is 13.7. The Bertz CT molecular complexity index is 464. The van der Waals surface area contributed by atoms with Gasteiger partial charge in [-0.3, -0.25) is 0 Å². The summed E-state index contributed by atoms with van der Waals surface area (Å²) in [6, 6.07) is 7.04. The lowest BCUT2D eigenvalue weighted by Gasteiger charge is -2.18. The summed E-state index contributed by atoms with van der Waals surface area (Å²) in [6.07, 6.45) is 7.43. The highest BCUT2D eigenvalue weighted by molar-refractivity contribution is 5.50. The van der Waals surface area contributed by atoms with Crippen LogP contribution in [0.3, 0.4) is 0 Å². The molecule has 1 aliphatic carbocycles. The van der Waals surface area contributed by atoms with E-state index in [2.05, 4.69) is 12.2 Å². The first-order valence-electron chi connectivity index (χ1n) is 7.19. The summed E-state index contributed by atoms with van der Waals surface area (Å²) in [5, 5.41) is 12.3. The van der Waals surface area contributed by atoms with Crippen molar-refractivity contribution >= 4 is 5.69 Å². The van der Waals surface area contributed by atoms with E-state index >= 15 is 0 Å². The quantitative estimate of drug-likeness (QED) is 0.814. The number of rotatable bonds is 3. The minimum Gasteiger partial charge on any atom is -0.382 e. The van der Waals surface area contributed by atoms with E-state index < -0.39 is 5.82 Å². The van der Waals surface area contributed by atoms with Gasteiger partial charge in [0.1, 0.15) is 11.9 Å². The van der Waals surface area contributed by atoms with Gasteiger partial charge in [0.25, 0.3) is 0 Å². The lowest BCUT2D eigenvalue weighted by atomic mass is 9.98. The van der Waals surface area contributed by atoms with Gasteiger partial charge in [-0.15, -0.1) is 0 Å². The van der Waals surface area contributed by atoms with E-state index in [1.807, 2.05) is 6.07 Å². The van der Waals surface area contributed by atoms with Gasteiger partial charge in [-0.2, -0.15) is 5.26 Å². The predicted octanol–water partition coefficient (Wildman–Crippen LogP) is 4.47. The molecule has 2 atom stereocenters. The molecule has 0 spiro atoms. The van der Waals surface area contributed by atoms with Crippen molar-refractivity contribution < 1.29 is 4.39 Å².